The number of benzene rings is 1. The summed E-state index contributed by atoms with van der Waals surface area (Å²) in [5, 5.41) is 8.72. The molecule has 6 rings (SSSR count). The molecule has 4 atom stereocenters. The number of piperidine rings is 1. The van der Waals surface area contributed by atoms with Gasteiger partial charge < -0.3 is 10.2 Å². The monoisotopic (exact) mass is 532 g/mol. The highest BCUT2D eigenvalue weighted by molar-refractivity contribution is 6.06. The van der Waals surface area contributed by atoms with Gasteiger partial charge in [-0.05, 0) is 68.1 Å². The van der Waals surface area contributed by atoms with Gasteiger partial charge in [0.1, 0.15) is 12.2 Å². The Morgan fingerprint density at radius 1 is 1.10 bits per heavy atom. The van der Waals surface area contributed by atoms with Gasteiger partial charge in [0.05, 0.1) is 11.6 Å². The number of carbonyl (C=O) groups is 4. The fourth-order valence-corrected chi connectivity index (χ4v) is 7.12. The average molecular weight is 533 g/mol. The van der Waals surface area contributed by atoms with Crippen molar-refractivity contribution in [2.75, 3.05) is 6.54 Å². The van der Waals surface area contributed by atoms with Crippen LogP contribution in [-0.4, -0.2) is 56.7 Å². The molecule has 208 valence electrons. The largest absolute Gasteiger partial charge is 0.355 e. The van der Waals surface area contributed by atoms with Gasteiger partial charge in [-0.2, -0.15) is 5.10 Å². The Labute approximate surface area is 229 Å². The first-order valence-electron chi connectivity index (χ1n) is 14.9. The summed E-state index contributed by atoms with van der Waals surface area (Å²) in [6.45, 7) is 5.88. The topological polar surface area (TPSA) is 101 Å². The SMILES string of the molecule is CCC(=O)[C@@H]1C[C@]23CNC(=O)[C@H](C)CCCCCc4cc(C5CC5)cc5c(C(C)=O)nn(c45)CC(=O)N1[C@@H]2C3. The molecule has 8 nitrogen and oxygen atoms in total. The van der Waals surface area contributed by atoms with Crippen molar-refractivity contribution >= 4 is 34.3 Å². The highest BCUT2D eigenvalue weighted by atomic mass is 16.2. The minimum Gasteiger partial charge on any atom is -0.355 e. The fraction of sp³-hybridized carbons (Fsp3) is 0.645. The molecule has 2 aliphatic heterocycles. The van der Waals surface area contributed by atoms with Gasteiger partial charge in [-0.3, -0.25) is 23.9 Å². The van der Waals surface area contributed by atoms with Crippen LogP contribution in [-0.2, 0) is 27.3 Å². The van der Waals surface area contributed by atoms with E-state index in [0.29, 0.717) is 31.0 Å². The molecule has 1 N–H and O–H groups in total. The number of amides is 2. The Morgan fingerprint density at radius 3 is 2.62 bits per heavy atom. The molecule has 8 heteroatoms. The molecule has 1 aromatic heterocycles. The van der Waals surface area contributed by atoms with Gasteiger partial charge in [0.2, 0.25) is 11.8 Å². The first-order valence-corrected chi connectivity index (χ1v) is 14.9. The predicted molar refractivity (Wildman–Crippen MR) is 147 cm³/mol. The molecular formula is C31H40N4O4. The number of aromatic nitrogens is 2. The second-order valence-electron chi connectivity index (χ2n) is 12.6. The van der Waals surface area contributed by atoms with E-state index in [1.807, 2.05) is 13.8 Å². The second-order valence-corrected chi connectivity index (χ2v) is 12.6. The molecule has 2 saturated carbocycles. The minimum atomic E-state index is -0.468. The van der Waals surface area contributed by atoms with Crippen molar-refractivity contribution in [2.24, 2.45) is 11.3 Å². The Kier molecular flexibility index (Phi) is 6.63. The highest BCUT2D eigenvalue weighted by Gasteiger charge is 2.66. The molecule has 2 amide bonds. The number of hydrogen-bond acceptors (Lipinski definition) is 5. The molecule has 3 heterocycles. The lowest BCUT2D eigenvalue weighted by molar-refractivity contribution is -0.139. The van der Waals surface area contributed by atoms with E-state index in [-0.39, 0.29) is 47.3 Å². The maximum Gasteiger partial charge on any atom is 0.245 e. The van der Waals surface area contributed by atoms with Crippen LogP contribution in [0.25, 0.3) is 10.9 Å². The summed E-state index contributed by atoms with van der Waals surface area (Å²) in [5.74, 6) is 0.371. The number of Topliss-reactive ketones (excluding diaryl/α,β-unsaturated/α-hetero) is 2. The van der Waals surface area contributed by atoms with Gasteiger partial charge in [0.15, 0.2) is 11.6 Å². The number of hydrogen-bond donors (Lipinski definition) is 1. The van der Waals surface area contributed by atoms with E-state index >= 15 is 0 Å². The van der Waals surface area contributed by atoms with Crippen LogP contribution in [0.4, 0.5) is 0 Å². The van der Waals surface area contributed by atoms with Gasteiger partial charge in [-0.25, -0.2) is 0 Å². The Balaban J connectivity index is 1.41. The summed E-state index contributed by atoms with van der Waals surface area (Å²) in [7, 11) is 0. The quantitative estimate of drug-likeness (QED) is 0.591. The zero-order valence-electron chi connectivity index (χ0n) is 23.4. The number of ketones is 2. The molecule has 1 aromatic carbocycles. The number of carbonyl (C=O) groups excluding carboxylic acids is 4. The van der Waals surface area contributed by atoms with Crippen LogP contribution in [0.1, 0.15) is 106 Å². The van der Waals surface area contributed by atoms with Gasteiger partial charge >= 0.3 is 0 Å². The first-order chi connectivity index (χ1) is 18.7. The maximum absolute atomic E-state index is 14.0. The number of nitrogens with zero attached hydrogens (tertiary/aromatic N) is 3. The molecule has 3 fully saturated rings. The molecule has 2 aromatic rings. The maximum atomic E-state index is 14.0. The standard InChI is InChI=1S/C31H40N4O4/c1-4-25(37)24-14-31-15-26(31)35(24)27(38)16-34-29-21(9-7-5-6-8-18(2)30(39)32-17-31)12-22(20-10-11-20)13-23(29)28(33-34)19(3)36/h12-13,18,20,24,26H,4-11,14-17H2,1-3H3,(H,32,39)/t18-,24+,26-,31+/m1/s1. The molecule has 0 unspecified atom stereocenters. The first kappa shape index (κ1) is 26.2. The van der Waals surface area contributed by atoms with Gasteiger partial charge in [-0.1, -0.05) is 32.8 Å². The predicted octanol–water partition coefficient (Wildman–Crippen LogP) is 4.32. The Morgan fingerprint density at radius 2 is 1.90 bits per heavy atom. The second kappa shape index (κ2) is 9.86. The Bertz CT molecular complexity index is 1360. The zero-order chi connectivity index (χ0) is 27.5. The van der Waals surface area contributed by atoms with Crippen LogP contribution in [0.5, 0.6) is 0 Å². The lowest BCUT2D eigenvalue weighted by Crippen LogP contribution is -2.44. The van der Waals surface area contributed by atoms with Crippen LogP contribution in [0.3, 0.4) is 0 Å². The van der Waals surface area contributed by atoms with E-state index in [4.69, 9.17) is 5.10 Å². The van der Waals surface area contributed by atoms with E-state index in [9.17, 15) is 19.2 Å². The number of nitrogens with one attached hydrogen (secondary N) is 1. The van der Waals surface area contributed by atoms with Crippen LogP contribution in [0, 0.1) is 11.3 Å². The van der Waals surface area contributed by atoms with Crippen LogP contribution in [0.2, 0.25) is 0 Å². The van der Waals surface area contributed by atoms with Crippen molar-refractivity contribution in [2.45, 2.75) is 110 Å². The summed E-state index contributed by atoms with van der Waals surface area (Å²) >= 11 is 0. The summed E-state index contributed by atoms with van der Waals surface area (Å²) in [4.78, 5) is 54.3. The van der Waals surface area contributed by atoms with Gasteiger partial charge in [0, 0.05) is 42.7 Å². The summed E-state index contributed by atoms with van der Waals surface area (Å²) in [6, 6.07) is 3.87. The van der Waals surface area contributed by atoms with Gasteiger partial charge in [0.25, 0.3) is 0 Å². The van der Waals surface area contributed by atoms with Crippen LogP contribution in [0.15, 0.2) is 12.1 Å². The summed E-state index contributed by atoms with van der Waals surface area (Å²) < 4.78 is 1.73. The molecule has 2 aliphatic carbocycles. The number of rotatable bonds is 4. The normalized spacial score (nSPS) is 29.6. The lowest BCUT2D eigenvalue weighted by Gasteiger charge is -2.26. The third-order valence-corrected chi connectivity index (χ3v) is 9.68. The van der Waals surface area contributed by atoms with Crippen LogP contribution < -0.4 is 5.32 Å². The van der Waals surface area contributed by atoms with E-state index in [2.05, 4.69) is 17.4 Å². The van der Waals surface area contributed by atoms with Crippen molar-refractivity contribution in [3.05, 3.63) is 29.0 Å². The van der Waals surface area contributed by atoms with Crippen molar-refractivity contribution in [3.63, 3.8) is 0 Å². The molecular weight excluding hydrogens is 492 g/mol. The van der Waals surface area contributed by atoms with Gasteiger partial charge in [-0.15, -0.1) is 0 Å². The Hall–Kier alpha value is -3.03. The molecule has 4 aliphatic rings. The highest BCUT2D eigenvalue weighted by Crippen LogP contribution is 2.59. The third kappa shape index (κ3) is 4.70. The molecule has 1 saturated heterocycles. The van der Waals surface area contributed by atoms with E-state index in [1.54, 1.807) is 16.5 Å². The zero-order valence-corrected chi connectivity index (χ0v) is 23.4. The number of aryl methyl sites for hydroxylation is 1. The van der Waals surface area contributed by atoms with E-state index in [1.165, 1.54) is 5.56 Å². The van der Waals surface area contributed by atoms with E-state index in [0.717, 1.165) is 67.8 Å². The average Bonchev–Trinajstić information content (AvgIpc) is 3.82. The smallest absolute Gasteiger partial charge is 0.245 e. The third-order valence-electron chi connectivity index (χ3n) is 9.68. The van der Waals surface area contributed by atoms with Crippen molar-refractivity contribution in [1.29, 1.82) is 0 Å². The van der Waals surface area contributed by atoms with E-state index < -0.39 is 6.04 Å². The van der Waals surface area contributed by atoms with Crippen LogP contribution >= 0.6 is 0 Å². The van der Waals surface area contributed by atoms with Crippen molar-refractivity contribution in [1.82, 2.24) is 20.0 Å². The summed E-state index contributed by atoms with van der Waals surface area (Å²) in [5.41, 5.74) is 3.48. The van der Waals surface area contributed by atoms with Crippen molar-refractivity contribution < 1.29 is 19.2 Å². The molecule has 0 spiro atoms. The molecule has 0 radical (unpaired) electrons. The van der Waals surface area contributed by atoms with Crippen molar-refractivity contribution in [3.8, 4) is 0 Å². The molecule has 39 heavy (non-hydrogen) atoms. The molecule has 2 bridgehead atoms. The minimum absolute atomic E-state index is 0.00300. The fourth-order valence-electron chi connectivity index (χ4n) is 7.12. The lowest BCUT2D eigenvalue weighted by atomic mass is 9.95. The summed E-state index contributed by atoms with van der Waals surface area (Å²) in [6.07, 6.45) is 8.73.